The van der Waals surface area contributed by atoms with E-state index < -0.39 is 0 Å². The van der Waals surface area contributed by atoms with Gasteiger partial charge in [0.1, 0.15) is 0 Å². The SMILES string of the molecule is OCCS[C]1CCN(Cc2ccccc2)CC1. The van der Waals surface area contributed by atoms with Crippen LogP contribution in [-0.2, 0) is 6.54 Å². The standard InChI is InChI=1S/C14H20NOS/c16-10-11-17-14-6-8-15(9-7-14)12-13-4-2-1-3-5-13/h1-5,16H,6-12H2. The summed E-state index contributed by atoms with van der Waals surface area (Å²) >= 11 is 1.85. The number of likely N-dealkylation sites (tertiary alicyclic amines) is 1. The molecule has 1 fully saturated rings. The molecule has 0 unspecified atom stereocenters. The van der Waals surface area contributed by atoms with Crippen molar-refractivity contribution in [3.8, 4) is 0 Å². The van der Waals surface area contributed by atoms with Crippen LogP contribution in [0.3, 0.4) is 0 Å². The molecule has 0 saturated carbocycles. The minimum absolute atomic E-state index is 0.294. The van der Waals surface area contributed by atoms with E-state index in [2.05, 4.69) is 35.2 Å². The van der Waals surface area contributed by atoms with E-state index in [0.29, 0.717) is 6.61 Å². The van der Waals surface area contributed by atoms with Crippen LogP contribution in [0.15, 0.2) is 30.3 Å². The van der Waals surface area contributed by atoms with Crippen LogP contribution < -0.4 is 0 Å². The fourth-order valence-corrected chi connectivity index (χ4v) is 2.99. The van der Waals surface area contributed by atoms with E-state index in [1.54, 1.807) is 5.25 Å². The second kappa shape index (κ2) is 7.04. The molecule has 2 nitrogen and oxygen atoms in total. The van der Waals surface area contributed by atoms with E-state index in [-0.39, 0.29) is 0 Å². The van der Waals surface area contributed by atoms with Gasteiger partial charge in [-0.1, -0.05) is 30.3 Å². The number of aliphatic hydroxyl groups excluding tert-OH is 1. The van der Waals surface area contributed by atoms with E-state index >= 15 is 0 Å². The first-order valence-electron chi connectivity index (χ1n) is 6.23. The Kier molecular flexibility index (Phi) is 5.36. The minimum atomic E-state index is 0.294. The van der Waals surface area contributed by atoms with Crippen molar-refractivity contribution < 1.29 is 5.11 Å². The molecule has 3 heteroatoms. The monoisotopic (exact) mass is 250 g/mol. The first-order valence-corrected chi connectivity index (χ1v) is 7.21. The Balaban J connectivity index is 1.72. The molecule has 0 aliphatic carbocycles. The first-order chi connectivity index (χ1) is 8.38. The fraction of sp³-hybridized carbons (Fsp3) is 0.500. The summed E-state index contributed by atoms with van der Waals surface area (Å²) in [4.78, 5) is 2.51. The zero-order valence-electron chi connectivity index (χ0n) is 10.1. The number of rotatable bonds is 5. The fourth-order valence-electron chi connectivity index (χ4n) is 2.14. The van der Waals surface area contributed by atoms with E-state index in [4.69, 9.17) is 5.11 Å². The maximum Gasteiger partial charge on any atom is 0.0521 e. The first kappa shape index (κ1) is 12.9. The van der Waals surface area contributed by atoms with Crippen molar-refractivity contribution in [2.45, 2.75) is 19.4 Å². The van der Waals surface area contributed by atoms with Crippen LogP contribution in [0.25, 0.3) is 0 Å². The second-order valence-corrected chi connectivity index (χ2v) is 5.65. The molecule has 1 radical (unpaired) electrons. The van der Waals surface area contributed by atoms with Crippen molar-refractivity contribution in [1.82, 2.24) is 4.90 Å². The van der Waals surface area contributed by atoms with Crippen molar-refractivity contribution >= 4 is 11.8 Å². The maximum atomic E-state index is 8.80. The molecule has 1 aliphatic heterocycles. The lowest BCUT2D eigenvalue weighted by Gasteiger charge is -2.31. The van der Waals surface area contributed by atoms with Gasteiger partial charge in [-0.3, -0.25) is 4.90 Å². The summed E-state index contributed by atoms with van der Waals surface area (Å²) in [5, 5.41) is 10.4. The summed E-state index contributed by atoms with van der Waals surface area (Å²) in [7, 11) is 0. The number of hydrogen-bond donors (Lipinski definition) is 1. The summed E-state index contributed by atoms with van der Waals surface area (Å²) in [6.45, 7) is 3.67. The summed E-state index contributed by atoms with van der Waals surface area (Å²) in [6.07, 6.45) is 2.36. The summed E-state index contributed by atoms with van der Waals surface area (Å²) in [5.41, 5.74) is 1.40. The van der Waals surface area contributed by atoms with Crippen LogP contribution in [0.5, 0.6) is 0 Å². The lowest BCUT2D eigenvalue weighted by atomic mass is 10.1. The smallest absolute Gasteiger partial charge is 0.0521 e. The van der Waals surface area contributed by atoms with Gasteiger partial charge >= 0.3 is 0 Å². The molecule has 1 heterocycles. The number of benzene rings is 1. The Bertz CT molecular complexity index is 309. The Morgan fingerprint density at radius 1 is 1.12 bits per heavy atom. The highest BCUT2D eigenvalue weighted by atomic mass is 32.2. The van der Waals surface area contributed by atoms with Gasteiger partial charge in [0.25, 0.3) is 0 Å². The van der Waals surface area contributed by atoms with E-state index in [9.17, 15) is 0 Å². The summed E-state index contributed by atoms with van der Waals surface area (Å²) in [6, 6.07) is 10.7. The van der Waals surface area contributed by atoms with Crippen LogP contribution in [0.4, 0.5) is 0 Å². The molecule has 0 bridgehead atoms. The molecule has 0 amide bonds. The molecule has 1 saturated heterocycles. The third-order valence-electron chi connectivity index (χ3n) is 3.06. The zero-order valence-corrected chi connectivity index (χ0v) is 11.0. The molecule has 1 aromatic carbocycles. The highest BCUT2D eigenvalue weighted by Gasteiger charge is 2.19. The van der Waals surface area contributed by atoms with Gasteiger partial charge in [0.05, 0.1) is 6.61 Å². The molecule has 1 aliphatic rings. The molecule has 1 N–H and O–H groups in total. The lowest BCUT2D eigenvalue weighted by Crippen LogP contribution is -2.31. The lowest BCUT2D eigenvalue weighted by molar-refractivity contribution is 0.242. The molecule has 1 aromatic rings. The van der Waals surface area contributed by atoms with Gasteiger partial charge in [-0.25, -0.2) is 0 Å². The average Bonchev–Trinajstić information content (AvgIpc) is 2.39. The van der Waals surface area contributed by atoms with Crippen LogP contribution in [0.2, 0.25) is 0 Å². The Hall–Kier alpha value is -0.510. The van der Waals surface area contributed by atoms with Crippen molar-refractivity contribution in [3.05, 3.63) is 41.1 Å². The number of aliphatic hydroxyl groups is 1. The zero-order chi connectivity index (χ0) is 11.9. The summed E-state index contributed by atoms with van der Waals surface area (Å²) in [5.74, 6) is 0.855. The normalized spacial score (nSPS) is 18.4. The highest BCUT2D eigenvalue weighted by molar-refractivity contribution is 8.02. The van der Waals surface area contributed by atoms with Gasteiger partial charge in [0, 0.05) is 17.5 Å². The minimum Gasteiger partial charge on any atom is -0.396 e. The molecule has 0 atom stereocenters. The largest absolute Gasteiger partial charge is 0.396 e. The van der Waals surface area contributed by atoms with Crippen molar-refractivity contribution in [2.24, 2.45) is 0 Å². The summed E-state index contributed by atoms with van der Waals surface area (Å²) < 4.78 is 0. The van der Waals surface area contributed by atoms with Crippen LogP contribution in [0, 0.1) is 5.25 Å². The van der Waals surface area contributed by atoms with Crippen LogP contribution in [0.1, 0.15) is 18.4 Å². The Labute approximate surface area is 108 Å². The van der Waals surface area contributed by atoms with Gasteiger partial charge in [-0.15, -0.1) is 0 Å². The van der Waals surface area contributed by atoms with Gasteiger partial charge < -0.3 is 5.11 Å². The van der Waals surface area contributed by atoms with Crippen molar-refractivity contribution in [2.75, 3.05) is 25.4 Å². The number of nitrogens with zero attached hydrogens (tertiary/aromatic N) is 1. The second-order valence-electron chi connectivity index (χ2n) is 4.37. The van der Waals surface area contributed by atoms with Gasteiger partial charge in [-0.05, 0) is 31.5 Å². The number of thioether (sulfide) groups is 1. The third kappa shape index (κ3) is 4.34. The Morgan fingerprint density at radius 3 is 2.47 bits per heavy atom. The van der Waals surface area contributed by atoms with E-state index in [0.717, 1.165) is 25.4 Å². The molecule has 0 aromatic heterocycles. The predicted molar refractivity (Wildman–Crippen MR) is 73.7 cm³/mol. The number of hydrogen-bond acceptors (Lipinski definition) is 3. The van der Waals surface area contributed by atoms with Crippen LogP contribution in [-0.4, -0.2) is 35.5 Å². The van der Waals surface area contributed by atoms with Gasteiger partial charge in [-0.2, -0.15) is 11.8 Å². The van der Waals surface area contributed by atoms with Crippen LogP contribution >= 0.6 is 11.8 Å². The molecular weight excluding hydrogens is 230 g/mol. The Morgan fingerprint density at radius 2 is 1.82 bits per heavy atom. The van der Waals surface area contributed by atoms with Gasteiger partial charge in [0.2, 0.25) is 0 Å². The molecule has 2 rings (SSSR count). The van der Waals surface area contributed by atoms with Crippen molar-refractivity contribution in [1.29, 1.82) is 0 Å². The molecule has 17 heavy (non-hydrogen) atoms. The van der Waals surface area contributed by atoms with Gasteiger partial charge in [0.15, 0.2) is 0 Å². The third-order valence-corrected chi connectivity index (χ3v) is 4.26. The highest BCUT2D eigenvalue weighted by Crippen LogP contribution is 2.30. The predicted octanol–water partition coefficient (Wildman–Crippen LogP) is 2.54. The maximum absolute atomic E-state index is 8.80. The molecular formula is C14H20NOS. The van der Waals surface area contributed by atoms with E-state index in [1.165, 1.54) is 18.4 Å². The molecule has 93 valence electrons. The topological polar surface area (TPSA) is 23.5 Å². The molecule has 0 spiro atoms. The van der Waals surface area contributed by atoms with E-state index in [1.807, 2.05) is 11.8 Å². The average molecular weight is 250 g/mol. The quantitative estimate of drug-likeness (QED) is 0.868. The number of piperidine rings is 1. The van der Waals surface area contributed by atoms with Crippen molar-refractivity contribution in [3.63, 3.8) is 0 Å².